The van der Waals surface area contributed by atoms with E-state index in [9.17, 15) is 15.0 Å². The first-order valence-electron chi connectivity index (χ1n) is 7.57. The Morgan fingerprint density at radius 2 is 1.65 bits per heavy atom. The molecular formula is C17H26O3. The highest BCUT2D eigenvalue weighted by Crippen LogP contribution is 2.13. The SMILES string of the molecule is CCCCCCC[C@@H](O)[C@H](O)Cc1ccc(C=O)cc1. The van der Waals surface area contributed by atoms with Crippen molar-refractivity contribution in [1.82, 2.24) is 0 Å². The second kappa shape index (κ2) is 9.67. The molecule has 0 aliphatic carbocycles. The molecule has 2 N–H and O–H groups in total. The van der Waals surface area contributed by atoms with E-state index >= 15 is 0 Å². The van der Waals surface area contributed by atoms with Crippen LogP contribution in [0.1, 0.15) is 61.4 Å². The molecule has 0 saturated heterocycles. The molecule has 1 aromatic carbocycles. The van der Waals surface area contributed by atoms with Gasteiger partial charge >= 0.3 is 0 Å². The minimum Gasteiger partial charge on any atom is -0.390 e. The van der Waals surface area contributed by atoms with Gasteiger partial charge < -0.3 is 10.2 Å². The Morgan fingerprint density at radius 1 is 1.00 bits per heavy atom. The van der Waals surface area contributed by atoms with Crippen molar-refractivity contribution in [2.45, 2.75) is 64.1 Å². The number of aliphatic hydroxyl groups is 2. The number of benzene rings is 1. The summed E-state index contributed by atoms with van der Waals surface area (Å²) in [7, 11) is 0. The van der Waals surface area contributed by atoms with E-state index in [0.717, 1.165) is 24.7 Å². The molecule has 3 heteroatoms. The molecular weight excluding hydrogens is 252 g/mol. The summed E-state index contributed by atoms with van der Waals surface area (Å²) in [6.45, 7) is 2.18. The van der Waals surface area contributed by atoms with Gasteiger partial charge in [-0.1, -0.05) is 63.3 Å². The zero-order valence-corrected chi connectivity index (χ0v) is 12.3. The highest BCUT2D eigenvalue weighted by molar-refractivity contribution is 5.74. The lowest BCUT2D eigenvalue weighted by Gasteiger charge is -2.17. The second-order valence-corrected chi connectivity index (χ2v) is 5.40. The Kier molecular flexibility index (Phi) is 8.16. The molecule has 2 atom stereocenters. The van der Waals surface area contributed by atoms with E-state index < -0.39 is 12.2 Å². The molecule has 0 spiro atoms. The van der Waals surface area contributed by atoms with Crippen molar-refractivity contribution in [2.24, 2.45) is 0 Å². The average Bonchev–Trinajstić information content (AvgIpc) is 2.47. The standard InChI is InChI=1S/C17H26O3/c1-2-3-4-5-6-7-16(19)17(20)12-14-8-10-15(13-18)11-9-14/h8-11,13,16-17,19-20H,2-7,12H2,1H3/t16-,17-/m1/s1. The Balaban J connectivity index is 2.29. The molecule has 0 saturated carbocycles. The fourth-order valence-electron chi connectivity index (χ4n) is 2.26. The molecule has 3 nitrogen and oxygen atoms in total. The van der Waals surface area contributed by atoms with Crippen molar-refractivity contribution in [3.63, 3.8) is 0 Å². The number of aldehydes is 1. The van der Waals surface area contributed by atoms with E-state index in [-0.39, 0.29) is 0 Å². The molecule has 20 heavy (non-hydrogen) atoms. The van der Waals surface area contributed by atoms with E-state index in [2.05, 4.69) is 6.92 Å². The van der Waals surface area contributed by atoms with E-state index in [1.54, 1.807) is 12.1 Å². The number of aliphatic hydroxyl groups excluding tert-OH is 2. The topological polar surface area (TPSA) is 57.5 Å². The van der Waals surface area contributed by atoms with Gasteiger partial charge in [-0.05, 0) is 12.0 Å². The smallest absolute Gasteiger partial charge is 0.150 e. The number of carbonyl (C=O) groups is 1. The summed E-state index contributed by atoms with van der Waals surface area (Å²) in [4.78, 5) is 10.6. The van der Waals surface area contributed by atoms with E-state index in [0.29, 0.717) is 18.4 Å². The molecule has 0 aliphatic rings. The summed E-state index contributed by atoms with van der Waals surface area (Å²) in [5.74, 6) is 0. The minimum atomic E-state index is -0.733. The first kappa shape index (κ1) is 16.9. The van der Waals surface area contributed by atoms with Gasteiger partial charge in [0.05, 0.1) is 12.2 Å². The Bertz CT molecular complexity index is 372. The van der Waals surface area contributed by atoms with Gasteiger partial charge in [-0.25, -0.2) is 0 Å². The van der Waals surface area contributed by atoms with Crippen molar-refractivity contribution in [3.8, 4) is 0 Å². The summed E-state index contributed by atoms with van der Waals surface area (Å²) >= 11 is 0. The molecule has 1 rings (SSSR count). The zero-order chi connectivity index (χ0) is 14.8. The van der Waals surface area contributed by atoms with Crippen LogP contribution in [-0.2, 0) is 6.42 Å². The summed E-state index contributed by atoms with van der Waals surface area (Å²) in [6.07, 6.45) is 6.20. The fourth-order valence-corrected chi connectivity index (χ4v) is 2.26. The molecule has 0 amide bonds. The van der Waals surface area contributed by atoms with Crippen LogP contribution in [0, 0.1) is 0 Å². The van der Waals surface area contributed by atoms with Crippen LogP contribution in [0.2, 0.25) is 0 Å². The van der Waals surface area contributed by atoms with Crippen LogP contribution in [0.4, 0.5) is 0 Å². The maximum absolute atomic E-state index is 10.6. The summed E-state index contributed by atoms with van der Waals surface area (Å²) < 4.78 is 0. The summed E-state index contributed by atoms with van der Waals surface area (Å²) in [5.41, 5.74) is 1.56. The molecule has 1 aromatic rings. The molecule has 0 aromatic heterocycles. The van der Waals surface area contributed by atoms with Crippen molar-refractivity contribution < 1.29 is 15.0 Å². The van der Waals surface area contributed by atoms with Gasteiger partial charge in [0.15, 0.2) is 0 Å². The normalized spacial score (nSPS) is 13.9. The van der Waals surface area contributed by atoms with Gasteiger partial charge in [0.25, 0.3) is 0 Å². The van der Waals surface area contributed by atoms with Gasteiger partial charge in [0, 0.05) is 12.0 Å². The van der Waals surface area contributed by atoms with Gasteiger partial charge in [0.2, 0.25) is 0 Å². The van der Waals surface area contributed by atoms with Gasteiger partial charge in [-0.2, -0.15) is 0 Å². The van der Waals surface area contributed by atoms with E-state index in [1.165, 1.54) is 19.3 Å². The molecule has 0 radical (unpaired) electrons. The Hall–Kier alpha value is -1.19. The van der Waals surface area contributed by atoms with Crippen molar-refractivity contribution in [3.05, 3.63) is 35.4 Å². The predicted molar refractivity (Wildman–Crippen MR) is 80.9 cm³/mol. The summed E-state index contributed by atoms with van der Waals surface area (Å²) in [5, 5.41) is 19.9. The minimum absolute atomic E-state index is 0.426. The third-order valence-electron chi connectivity index (χ3n) is 3.61. The monoisotopic (exact) mass is 278 g/mol. The third-order valence-corrected chi connectivity index (χ3v) is 3.61. The lowest BCUT2D eigenvalue weighted by molar-refractivity contribution is 0.0137. The van der Waals surface area contributed by atoms with Crippen LogP contribution in [0.25, 0.3) is 0 Å². The summed E-state index contributed by atoms with van der Waals surface area (Å²) in [6, 6.07) is 7.10. The fraction of sp³-hybridized carbons (Fsp3) is 0.588. The largest absolute Gasteiger partial charge is 0.390 e. The van der Waals surface area contributed by atoms with Gasteiger partial charge in [-0.3, -0.25) is 4.79 Å². The average molecular weight is 278 g/mol. The van der Waals surface area contributed by atoms with Gasteiger partial charge in [0.1, 0.15) is 6.29 Å². The van der Waals surface area contributed by atoms with Crippen LogP contribution < -0.4 is 0 Å². The molecule has 0 unspecified atom stereocenters. The molecule has 0 heterocycles. The number of rotatable bonds is 10. The Labute approximate surface area is 121 Å². The Morgan fingerprint density at radius 3 is 2.25 bits per heavy atom. The highest BCUT2D eigenvalue weighted by Gasteiger charge is 2.16. The first-order valence-corrected chi connectivity index (χ1v) is 7.57. The first-order chi connectivity index (χ1) is 9.67. The van der Waals surface area contributed by atoms with Crippen LogP contribution in [0.5, 0.6) is 0 Å². The third kappa shape index (κ3) is 6.31. The van der Waals surface area contributed by atoms with Crippen molar-refractivity contribution in [2.75, 3.05) is 0 Å². The quantitative estimate of drug-likeness (QED) is 0.510. The van der Waals surface area contributed by atoms with Crippen LogP contribution in [0.15, 0.2) is 24.3 Å². The second-order valence-electron chi connectivity index (χ2n) is 5.40. The van der Waals surface area contributed by atoms with E-state index in [4.69, 9.17) is 0 Å². The van der Waals surface area contributed by atoms with Crippen molar-refractivity contribution >= 4 is 6.29 Å². The lowest BCUT2D eigenvalue weighted by atomic mass is 9.99. The van der Waals surface area contributed by atoms with Gasteiger partial charge in [-0.15, -0.1) is 0 Å². The molecule has 0 bridgehead atoms. The number of hydrogen-bond acceptors (Lipinski definition) is 3. The van der Waals surface area contributed by atoms with E-state index in [1.807, 2.05) is 12.1 Å². The maximum atomic E-state index is 10.6. The number of unbranched alkanes of at least 4 members (excludes halogenated alkanes) is 4. The molecule has 0 fully saturated rings. The van der Waals surface area contributed by atoms with Crippen LogP contribution in [0.3, 0.4) is 0 Å². The molecule has 112 valence electrons. The maximum Gasteiger partial charge on any atom is 0.150 e. The predicted octanol–water partition coefficient (Wildman–Crippen LogP) is 3.12. The van der Waals surface area contributed by atoms with Crippen LogP contribution >= 0.6 is 0 Å². The lowest BCUT2D eigenvalue weighted by Crippen LogP contribution is -2.27. The van der Waals surface area contributed by atoms with Crippen molar-refractivity contribution in [1.29, 1.82) is 0 Å². The van der Waals surface area contributed by atoms with Crippen LogP contribution in [-0.4, -0.2) is 28.7 Å². The number of hydrogen-bond donors (Lipinski definition) is 2. The number of carbonyl (C=O) groups excluding carboxylic acids is 1. The zero-order valence-electron chi connectivity index (χ0n) is 12.3. The highest BCUT2D eigenvalue weighted by atomic mass is 16.3. The molecule has 0 aliphatic heterocycles.